The van der Waals surface area contributed by atoms with Crippen LogP contribution in [0.3, 0.4) is 0 Å². The molecule has 0 atom stereocenters. The summed E-state index contributed by atoms with van der Waals surface area (Å²) < 4.78 is 0. The third kappa shape index (κ3) is 5.66. The van der Waals surface area contributed by atoms with Crippen LogP contribution in [-0.2, 0) is 0 Å². The van der Waals surface area contributed by atoms with Gasteiger partial charge in [0.05, 0.1) is 0 Å². The molecule has 0 unspecified atom stereocenters. The van der Waals surface area contributed by atoms with Gasteiger partial charge in [-0.3, -0.25) is 0 Å². The average molecular weight is 249 g/mol. The van der Waals surface area contributed by atoms with E-state index in [2.05, 4.69) is 26.1 Å². The zero-order valence-electron chi connectivity index (χ0n) is 8.40. The fourth-order valence-electron chi connectivity index (χ4n) is 1.75. The van der Waals surface area contributed by atoms with E-state index < -0.39 is 0 Å². The van der Waals surface area contributed by atoms with Crippen molar-refractivity contribution in [3.05, 3.63) is 0 Å². The predicted molar refractivity (Wildman–Crippen MR) is 61.6 cm³/mol. The van der Waals surface area contributed by atoms with Crippen LogP contribution in [0, 0.1) is 0 Å². The number of likely N-dealkylation sites (tertiary alicyclic amines) is 1. The lowest BCUT2D eigenvalue weighted by Crippen LogP contribution is -2.25. The summed E-state index contributed by atoms with van der Waals surface area (Å²) in [5.41, 5.74) is 0. The maximum absolute atomic E-state index is 3.45. The van der Waals surface area contributed by atoms with E-state index >= 15 is 0 Å². The molecule has 3 heteroatoms. The second kappa shape index (κ2) is 7.77. The van der Waals surface area contributed by atoms with Crippen LogP contribution in [0.2, 0.25) is 0 Å². The Morgan fingerprint density at radius 1 is 1.08 bits per heavy atom. The Balaban J connectivity index is 1.78. The molecule has 0 saturated carbocycles. The number of hydrogen-bond acceptors (Lipinski definition) is 2. The van der Waals surface area contributed by atoms with Gasteiger partial charge in [-0.15, -0.1) is 0 Å². The lowest BCUT2D eigenvalue weighted by atomic mass is 10.3. The summed E-state index contributed by atoms with van der Waals surface area (Å²) in [5, 5.41) is 4.57. The SMILES string of the molecule is BrCCCNCCCN1CCCC1. The zero-order chi connectivity index (χ0) is 9.36. The highest BCUT2D eigenvalue weighted by molar-refractivity contribution is 9.09. The van der Waals surface area contributed by atoms with Gasteiger partial charge in [0.15, 0.2) is 0 Å². The van der Waals surface area contributed by atoms with E-state index in [0.29, 0.717) is 0 Å². The van der Waals surface area contributed by atoms with Gasteiger partial charge < -0.3 is 10.2 Å². The Labute approximate surface area is 90.2 Å². The third-order valence-corrected chi connectivity index (χ3v) is 3.07. The molecule has 2 nitrogen and oxygen atoms in total. The minimum Gasteiger partial charge on any atom is -0.317 e. The normalized spacial score (nSPS) is 18.2. The largest absolute Gasteiger partial charge is 0.317 e. The van der Waals surface area contributed by atoms with Crippen LogP contribution in [0.1, 0.15) is 25.7 Å². The van der Waals surface area contributed by atoms with Crippen molar-refractivity contribution in [3.63, 3.8) is 0 Å². The summed E-state index contributed by atoms with van der Waals surface area (Å²) in [6.45, 7) is 6.30. The van der Waals surface area contributed by atoms with E-state index in [1.54, 1.807) is 0 Å². The Bertz CT molecular complexity index is 113. The molecule has 13 heavy (non-hydrogen) atoms. The quantitative estimate of drug-likeness (QED) is 0.547. The van der Waals surface area contributed by atoms with Crippen molar-refractivity contribution in [1.82, 2.24) is 10.2 Å². The Morgan fingerprint density at radius 3 is 2.46 bits per heavy atom. The van der Waals surface area contributed by atoms with Crippen molar-refractivity contribution in [1.29, 1.82) is 0 Å². The number of rotatable bonds is 7. The summed E-state index contributed by atoms with van der Waals surface area (Å²) in [5.74, 6) is 0. The van der Waals surface area contributed by atoms with E-state index in [-0.39, 0.29) is 0 Å². The Hall–Kier alpha value is 0.400. The highest BCUT2D eigenvalue weighted by Gasteiger charge is 2.09. The summed E-state index contributed by atoms with van der Waals surface area (Å²) in [4.78, 5) is 2.58. The van der Waals surface area contributed by atoms with Crippen LogP contribution in [0.5, 0.6) is 0 Å². The molecule has 0 aromatic heterocycles. The molecule has 0 spiro atoms. The van der Waals surface area contributed by atoms with Gasteiger partial charge in [-0.25, -0.2) is 0 Å². The first-order chi connectivity index (χ1) is 6.43. The summed E-state index contributed by atoms with van der Waals surface area (Å²) in [6.07, 6.45) is 5.38. The lowest BCUT2D eigenvalue weighted by molar-refractivity contribution is 0.331. The topological polar surface area (TPSA) is 15.3 Å². The molecular weight excluding hydrogens is 228 g/mol. The van der Waals surface area contributed by atoms with Gasteiger partial charge in [-0.2, -0.15) is 0 Å². The monoisotopic (exact) mass is 248 g/mol. The first kappa shape index (κ1) is 11.5. The van der Waals surface area contributed by atoms with E-state index in [9.17, 15) is 0 Å². The van der Waals surface area contributed by atoms with E-state index in [1.165, 1.54) is 51.9 Å². The van der Waals surface area contributed by atoms with Crippen molar-refractivity contribution >= 4 is 15.9 Å². The van der Waals surface area contributed by atoms with Gasteiger partial charge in [0.1, 0.15) is 0 Å². The van der Waals surface area contributed by atoms with Crippen molar-refractivity contribution in [2.75, 3.05) is 38.1 Å². The minimum absolute atomic E-state index is 1.12. The highest BCUT2D eigenvalue weighted by atomic mass is 79.9. The molecule has 1 rings (SSSR count). The second-order valence-corrected chi connectivity index (χ2v) is 4.49. The van der Waals surface area contributed by atoms with E-state index in [4.69, 9.17) is 0 Å². The Morgan fingerprint density at radius 2 is 1.77 bits per heavy atom. The van der Waals surface area contributed by atoms with Gasteiger partial charge in [-0.1, -0.05) is 15.9 Å². The van der Waals surface area contributed by atoms with Crippen LogP contribution in [0.25, 0.3) is 0 Å². The molecule has 0 aromatic rings. The first-order valence-electron chi connectivity index (χ1n) is 5.42. The lowest BCUT2D eigenvalue weighted by Gasteiger charge is -2.14. The van der Waals surface area contributed by atoms with Crippen LogP contribution in [0.4, 0.5) is 0 Å². The number of alkyl halides is 1. The number of nitrogens with one attached hydrogen (secondary N) is 1. The molecule has 0 radical (unpaired) electrons. The molecule has 1 heterocycles. The van der Waals surface area contributed by atoms with Crippen LogP contribution in [0.15, 0.2) is 0 Å². The number of halogens is 1. The van der Waals surface area contributed by atoms with Crippen molar-refractivity contribution in [2.45, 2.75) is 25.7 Å². The maximum Gasteiger partial charge on any atom is 0.00433 e. The minimum atomic E-state index is 1.12. The summed E-state index contributed by atoms with van der Waals surface area (Å²) in [7, 11) is 0. The first-order valence-corrected chi connectivity index (χ1v) is 6.54. The van der Waals surface area contributed by atoms with E-state index in [1.807, 2.05) is 0 Å². The van der Waals surface area contributed by atoms with Gasteiger partial charge in [0.25, 0.3) is 0 Å². The summed E-state index contributed by atoms with van der Waals surface area (Å²) >= 11 is 3.42. The molecule has 1 saturated heterocycles. The van der Waals surface area contributed by atoms with E-state index in [0.717, 1.165) is 11.9 Å². The maximum atomic E-state index is 3.45. The molecule has 0 amide bonds. The molecule has 1 fully saturated rings. The van der Waals surface area contributed by atoms with Crippen molar-refractivity contribution in [3.8, 4) is 0 Å². The number of nitrogens with zero attached hydrogens (tertiary/aromatic N) is 1. The molecule has 78 valence electrons. The molecule has 0 aromatic carbocycles. The zero-order valence-corrected chi connectivity index (χ0v) is 9.98. The second-order valence-electron chi connectivity index (χ2n) is 3.69. The van der Waals surface area contributed by atoms with Gasteiger partial charge in [0, 0.05) is 5.33 Å². The van der Waals surface area contributed by atoms with Gasteiger partial charge >= 0.3 is 0 Å². The summed E-state index contributed by atoms with van der Waals surface area (Å²) in [6, 6.07) is 0. The molecule has 0 aliphatic carbocycles. The van der Waals surface area contributed by atoms with Crippen LogP contribution in [-0.4, -0.2) is 43.0 Å². The van der Waals surface area contributed by atoms with Crippen molar-refractivity contribution < 1.29 is 0 Å². The molecule has 0 bridgehead atoms. The van der Waals surface area contributed by atoms with Crippen LogP contribution < -0.4 is 5.32 Å². The number of hydrogen-bond donors (Lipinski definition) is 1. The Kier molecular flexibility index (Phi) is 6.86. The fourth-order valence-corrected chi connectivity index (χ4v) is 2.03. The molecule has 1 aliphatic heterocycles. The molecule has 1 N–H and O–H groups in total. The average Bonchev–Trinajstić information content (AvgIpc) is 2.63. The van der Waals surface area contributed by atoms with Gasteiger partial charge in [0.2, 0.25) is 0 Å². The van der Waals surface area contributed by atoms with Crippen LogP contribution >= 0.6 is 15.9 Å². The predicted octanol–water partition coefficient (Wildman–Crippen LogP) is 1.85. The highest BCUT2D eigenvalue weighted by Crippen LogP contribution is 2.06. The smallest absolute Gasteiger partial charge is 0.00433 e. The third-order valence-electron chi connectivity index (χ3n) is 2.51. The fraction of sp³-hybridized carbons (Fsp3) is 1.00. The van der Waals surface area contributed by atoms with Gasteiger partial charge in [-0.05, 0) is 58.4 Å². The van der Waals surface area contributed by atoms with Crippen molar-refractivity contribution in [2.24, 2.45) is 0 Å². The standard InChI is InChI=1S/C10H21BrN2/c11-5-3-6-12-7-4-10-13-8-1-2-9-13/h12H,1-10H2. The molecule has 1 aliphatic rings. The molecular formula is C10H21BrN2.